The van der Waals surface area contributed by atoms with Crippen LogP contribution in [0.1, 0.15) is 44.7 Å². The van der Waals surface area contributed by atoms with Crippen LogP contribution in [0.5, 0.6) is 0 Å². The van der Waals surface area contributed by atoms with E-state index in [1.54, 1.807) is 6.20 Å². The number of rotatable bonds is 7. The van der Waals surface area contributed by atoms with E-state index in [-0.39, 0.29) is 0 Å². The third-order valence-corrected chi connectivity index (χ3v) is 2.45. The summed E-state index contributed by atoms with van der Waals surface area (Å²) in [6.07, 6.45) is 7.31. The third-order valence-electron chi connectivity index (χ3n) is 2.45. The topological polar surface area (TPSA) is 30.0 Å². The lowest BCUT2D eigenvalue weighted by Crippen LogP contribution is -2.01. The van der Waals surface area contributed by atoms with E-state index in [0.29, 0.717) is 12.2 Å². The summed E-state index contributed by atoms with van der Waals surface area (Å²) in [4.78, 5) is 15.7. The van der Waals surface area contributed by atoms with Crippen molar-refractivity contribution in [3.05, 3.63) is 30.1 Å². The second kappa shape index (κ2) is 7.16. The first-order valence-electron chi connectivity index (χ1n) is 5.74. The number of ketones is 1. The number of hydrogen-bond acceptors (Lipinski definition) is 2. The van der Waals surface area contributed by atoms with E-state index in [9.17, 15) is 4.79 Å². The Balaban J connectivity index is 2.17. The highest BCUT2D eigenvalue weighted by molar-refractivity contribution is 5.78. The molecule has 1 aromatic heterocycles. The Bertz CT molecular complexity index is 282. The molecule has 0 saturated carbocycles. The van der Waals surface area contributed by atoms with Gasteiger partial charge in [-0.3, -0.25) is 9.78 Å². The first kappa shape index (κ1) is 11.9. The SMILES string of the molecule is CCCCCC(=O)CCc1ccccn1. The summed E-state index contributed by atoms with van der Waals surface area (Å²) < 4.78 is 0. The molecule has 0 spiro atoms. The highest BCUT2D eigenvalue weighted by Crippen LogP contribution is 2.05. The molecule has 0 radical (unpaired) electrons. The van der Waals surface area contributed by atoms with Gasteiger partial charge in [-0.1, -0.05) is 25.8 Å². The fourth-order valence-corrected chi connectivity index (χ4v) is 1.51. The number of unbranched alkanes of at least 4 members (excludes halogenated alkanes) is 2. The number of aryl methyl sites for hydroxylation is 1. The van der Waals surface area contributed by atoms with Crippen LogP contribution in [-0.2, 0) is 11.2 Å². The predicted octanol–water partition coefficient (Wildman–Crippen LogP) is 3.16. The molecule has 82 valence electrons. The molecule has 0 fully saturated rings. The average Bonchev–Trinajstić information content (AvgIpc) is 2.28. The molecule has 0 aromatic carbocycles. The van der Waals surface area contributed by atoms with Crippen molar-refractivity contribution >= 4 is 5.78 Å². The Kier molecular flexibility index (Phi) is 5.67. The third kappa shape index (κ3) is 5.31. The fraction of sp³-hybridized carbons (Fsp3) is 0.538. The van der Waals surface area contributed by atoms with Crippen LogP contribution in [0.25, 0.3) is 0 Å². The van der Waals surface area contributed by atoms with Crippen molar-refractivity contribution in [1.29, 1.82) is 0 Å². The Morgan fingerprint density at radius 1 is 1.27 bits per heavy atom. The van der Waals surface area contributed by atoms with Crippen molar-refractivity contribution in [2.45, 2.75) is 45.4 Å². The second-order valence-corrected chi connectivity index (χ2v) is 3.82. The Labute approximate surface area is 91.7 Å². The maximum atomic E-state index is 11.5. The van der Waals surface area contributed by atoms with E-state index in [0.717, 1.165) is 31.4 Å². The summed E-state index contributed by atoms with van der Waals surface area (Å²) >= 11 is 0. The molecule has 0 saturated heterocycles. The van der Waals surface area contributed by atoms with E-state index >= 15 is 0 Å². The van der Waals surface area contributed by atoms with Crippen LogP contribution in [0.15, 0.2) is 24.4 Å². The molecule has 2 nitrogen and oxygen atoms in total. The first-order valence-corrected chi connectivity index (χ1v) is 5.74. The summed E-state index contributed by atoms with van der Waals surface area (Å²) in [5.41, 5.74) is 1.02. The van der Waals surface area contributed by atoms with Gasteiger partial charge in [-0.05, 0) is 25.0 Å². The van der Waals surface area contributed by atoms with Crippen molar-refractivity contribution < 1.29 is 4.79 Å². The number of Topliss-reactive ketones (excluding diaryl/α,β-unsaturated/α-hetero) is 1. The molecule has 0 amide bonds. The summed E-state index contributed by atoms with van der Waals surface area (Å²) in [6.45, 7) is 2.15. The summed E-state index contributed by atoms with van der Waals surface area (Å²) in [6, 6.07) is 5.83. The second-order valence-electron chi connectivity index (χ2n) is 3.82. The Morgan fingerprint density at radius 2 is 2.13 bits per heavy atom. The van der Waals surface area contributed by atoms with Gasteiger partial charge in [0, 0.05) is 24.7 Å². The minimum Gasteiger partial charge on any atom is -0.300 e. The lowest BCUT2D eigenvalue weighted by molar-refractivity contribution is -0.119. The minimum absolute atomic E-state index is 0.370. The molecule has 0 aliphatic rings. The van der Waals surface area contributed by atoms with Crippen LogP contribution >= 0.6 is 0 Å². The van der Waals surface area contributed by atoms with Gasteiger partial charge in [0.15, 0.2) is 0 Å². The van der Waals surface area contributed by atoms with Gasteiger partial charge in [0.2, 0.25) is 0 Å². The zero-order valence-electron chi connectivity index (χ0n) is 9.41. The average molecular weight is 205 g/mol. The number of nitrogens with zero attached hydrogens (tertiary/aromatic N) is 1. The van der Waals surface area contributed by atoms with Gasteiger partial charge < -0.3 is 0 Å². The smallest absolute Gasteiger partial charge is 0.133 e. The van der Waals surface area contributed by atoms with E-state index in [2.05, 4.69) is 11.9 Å². The largest absolute Gasteiger partial charge is 0.300 e. The molecule has 0 unspecified atom stereocenters. The van der Waals surface area contributed by atoms with Crippen LogP contribution in [0.4, 0.5) is 0 Å². The number of hydrogen-bond donors (Lipinski definition) is 0. The van der Waals surface area contributed by atoms with E-state index in [1.807, 2.05) is 18.2 Å². The van der Waals surface area contributed by atoms with Crippen LogP contribution < -0.4 is 0 Å². The number of carbonyl (C=O) groups excluding carboxylic acids is 1. The lowest BCUT2D eigenvalue weighted by atomic mass is 10.1. The van der Waals surface area contributed by atoms with Crippen molar-refractivity contribution in [2.75, 3.05) is 0 Å². The van der Waals surface area contributed by atoms with E-state index < -0.39 is 0 Å². The van der Waals surface area contributed by atoms with Crippen LogP contribution in [-0.4, -0.2) is 10.8 Å². The molecule has 0 N–H and O–H groups in total. The zero-order chi connectivity index (χ0) is 10.9. The molecule has 2 heteroatoms. The molecular weight excluding hydrogens is 186 g/mol. The van der Waals surface area contributed by atoms with Gasteiger partial charge in [0.25, 0.3) is 0 Å². The predicted molar refractivity (Wildman–Crippen MR) is 61.7 cm³/mol. The minimum atomic E-state index is 0.370. The molecule has 0 aliphatic heterocycles. The highest BCUT2D eigenvalue weighted by Gasteiger charge is 2.02. The summed E-state index contributed by atoms with van der Waals surface area (Å²) in [5.74, 6) is 0.370. The molecular formula is C13H19NO. The molecule has 1 aromatic rings. The van der Waals surface area contributed by atoms with Gasteiger partial charge in [0.05, 0.1) is 0 Å². The lowest BCUT2D eigenvalue weighted by Gasteiger charge is -2.00. The van der Waals surface area contributed by atoms with Crippen molar-refractivity contribution in [2.24, 2.45) is 0 Å². The van der Waals surface area contributed by atoms with E-state index in [1.165, 1.54) is 6.42 Å². The van der Waals surface area contributed by atoms with Crippen LogP contribution in [0.2, 0.25) is 0 Å². The van der Waals surface area contributed by atoms with Crippen molar-refractivity contribution in [3.63, 3.8) is 0 Å². The molecule has 0 aliphatic carbocycles. The Morgan fingerprint density at radius 3 is 2.80 bits per heavy atom. The maximum absolute atomic E-state index is 11.5. The zero-order valence-corrected chi connectivity index (χ0v) is 9.41. The summed E-state index contributed by atoms with van der Waals surface area (Å²) in [7, 11) is 0. The monoisotopic (exact) mass is 205 g/mol. The number of pyridine rings is 1. The van der Waals surface area contributed by atoms with Gasteiger partial charge in [-0.25, -0.2) is 0 Å². The fourth-order valence-electron chi connectivity index (χ4n) is 1.51. The van der Waals surface area contributed by atoms with Gasteiger partial charge in [0.1, 0.15) is 5.78 Å². The first-order chi connectivity index (χ1) is 7.33. The van der Waals surface area contributed by atoms with Crippen molar-refractivity contribution in [3.8, 4) is 0 Å². The van der Waals surface area contributed by atoms with Crippen LogP contribution in [0.3, 0.4) is 0 Å². The molecule has 15 heavy (non-hydrogen) atoms. The van der Waals surface area contributed by atoms with Gasteiger partial charge in [-0.2, -0.15) is 0 Å². The molecule has 0 atom stereocenters. The highest BCUT2D eigenvalue weighted by atomic mass is 16.1. The molecule has 0 bridgehead atoms. The van der Waals surface area contributed by atoms with E-state index in [4.69, 9.17) is 0 Å². The standard InChI is InChI=1S/C13H19NO/c1-2-3-4-8-13(15)10-9-12-7-5-6-11-14-12/h5-7,11H,2-4,8-10H2,1H3. The summed E-state index contributed by atoms with van der Waals surface area (Å²) in [5, 5.41) is 0. The normalized spacial score (nSPS) is 10.2. The molecule has 1 rings (SSSR count). The number of carbonyl (C=O) groups is 1. The Hall–Kier alpha value is -1.18. The van der Waals surface area contributed by atoms with Gasteiger partial charge >= 0.3 is 0 Å². The van der Waals surface area contributed by atoms with Gasteiger partial charge in [-0.15, -0.1) is 0 Å². The quantitative estimate of drug-likeness (QED) is 0.640. The maximum Gasteiger partial charge on any atom is 0.133 e. The van der Waals surface area contributed by atoms with Crippen molar-refractivity contribution in [1.82, 2.24) is 4.98 Å². The molecule has 1 heterocycles. The van der Waals surface area contributed by atoms with Crippen LogP contribution in [0, 0.1) is 0 Å². The number of aromatic nitrogens is 1.